The number of aliphatic hydroxyl groups excluding tert-OH is 1. The third-order valence-corrected chi connectivity index (χ3v) is 6.14. The van der Waals surface area contributed by atoms with Crippen molar-refractivity contribution in [3.63, 3.8) is 0 Å². The Labute approximate surface area is 201 Å². The van der Waals surface area contributed by atoms with Gasteiger partial charge < -0.3 is 14.6 Å². The fraction of sp³-hybridized carbons (Fsp3) is 0.357. The quantitative estimate of drug-likeness (QED) is 0.438. The van der Waals surface area contributed by atoms with E-state index in [1.807, 2.05) is 61.7 Å². The van der Waals surface area contributed by atoms with Gasteiger partial charge in [-0.15, -0.1) is 0 Å². The van der Waals surface area contributed by atoms with E-state index in [1.54, 1.807) is 0 Å². The molecule has 0 fully saturated rings. The number of amides is 1. The lowest BCUT2D eigenvalue weighted by atomic mass is 10.1. The Bertz CT molecular complexity index is 1190. The molecule has 0 aliphatic carbocycles. The van der Waals surface area contributed by atoms with Crippen LogP contribution in [-0.2, 0) is 11.3 Å². The largest absolute Gasteiger partial charge is 0.390 e. The molecule has 1 unspecified atom stereocenters. The number of fused-ring (bicyclic) bond motifs is 1. The van der Waals surface area contributed by atoms with Gasteiger partial charge in [0, 0.05) is 35.8 Å². The van der Waals surface area contributed by atoms with Crippen LogP contribution >= 0.6 is 0 Å². The van der Waals surface area contributed by atoms with Crippen LogP contribution in [0.2, 0.25) is 0 Å². The molecule has 2 aromatic carbocycles. The number of anilines is 1. The van der Waals surface area contributed by atoms with Crippen LogP contribution in [0.4, 0.5) is 5.69 Å². The average molecular weight is 459 g/mol. The first-order chi connectivity index (χ1) is 16.5. The zero-order valence-electron chi connectivity index (χ0n) is 20.3. The molecule has 0 spiro atoms. The minimum atomic E-state index is -0.473. The number of rotatable bonds is 10. The van der Waals surface area contributed by atoms with Crippen LogP contribution in [0.25, 0.3) is 17.0 Å². The van der Waals surface area contributed by atoms with E-state index >= 15 is 0 Å². The number of hydrogen-bond acceptors (Lipinski definition) is 4. The average Bonchev–Trinajstić information content (AvgIpc) is 3.32. The van der Waals surface area contributed by atoms with E-state index < -0.39 is 6.10 Å². The summed E-state index contributed by atoms with van der Waals surface area (Å²) in [5, 5.41) is 17.9. The van der Waals surface area contributed by atoms with E-state index in [0.29, 0.717) is 24.4 Å². The SMILES string of the molecule is CCCN(CCC)CC(O)Cn1cc(/C=C2/C(=O)N(c3ccccc3)N=C2C)c2ccccc21. The lowest BCUT2D eigenvalue weighted by Gasteiger charge is -2.24. The highest BCUT2D eigenvalue weighted by atomic mass is 16.3. The molecular formula is C28H34N4O2. The highest BCUT2D eigenvalue weighted by Crippen LogP contribution is 2.28. The zero-order chi connectivity index (χ0) is 24.1. The number of para-hydroxylation sites is 2. The first-order valence-electron chi connectivity index (χ1n) is 12.2. The van der Waals surface area contributed by atoms with Crippen molar-refractivity contribution in [3.05, 3.63) is 71.9 Å². The van der Waals surface area contributed by atoms with Gasteiger partial charge in [-0.25, -0.2) is 0 Å². The molecule has 1 aromatic heterocycles. The molecule has 1 N–H and O–H groups in total. The Balaban J connectivity index is 1.60. The van der Waals surface area contributed by atoms with E-state index in [0.717, 1.165) is 48.1 Å². The lowest BCUT2D eigenvalue weighted by molar-refractivity contribution is -0.114. The molecule has 6 nitrogen and oxygen atoms in total. The van der Waals surface area contributed by atoms with Crippen molar-refractivity contribution >= 4 is 34.3 Å². The molecule has 0 radical (unpaired) electrons. The molecule has 0 saturated carbocycles. The third-order valence-electron chi connectivity index (χ3n) is 6.14. The summed E-state index contributed by atoms with van der Waals surface area (Å²) >= 11 is 0. The molecule has 0 saturated heterocycles. The number of aliphatic hydroxyl groups is 1. The maximum atomic E-state index is 13.2. The van der Waals surface area contributed by atoms with Gasteiger partial charge in [0.25, 0.3) is 5.91 Å². The second-order valence-corrected chi connectivity index (χ2v) is 8.90. The lowest BCUT2D eigenvalue weighted by Crippen LogP contribution is -2.35. The van der Waals surface area contributed by atoms with E-state index in [2.05, 4.69) is 40.5 Å². The van der Waals surface area contributed by atoms with Crippen molar-refractivity contribution < 1.29 is 9.90 Å². The summed E-state index contributed by atoms with van der Waals surface area (Å²) in [6.45, 7) is 9.35. The smallest absolute Gasteiger partial charge is 0.280 e. The second-order valence-electron chi connectivity index (χ2n) is 8.90. The van der Waals surface area contributed by atoms with Gasteiger partial charge >= 0.3 is 0 Å². The topological polar surface area (TPSA) is 61.1 Å². The predicted molar refractivity (Wildman–Crippen MR) is 140 cm³/mol. The summed E-state index contributed by atoms with van der Waals surface area (Å²) in [4.78, 5) is 15.5. The van der Waals surface area contributed by atoms with Crippen molar-refractivity contribution in [1.82, 2.24) is 9.47 Å². The van der Waals surface area contributed by atoms with E-state index in [-0.39, 0.29) is 5.91 Å². The van der Waals surface area contributed by atoms with Gasteiger partial charge in [-0.3, -0.25) is 4.79 Å². The van der Waals surface area contributed by atoms with Crippen molar-refractivity contribution in [3.8, 4) is 0 Å². The summed E-state index contributed by atoms with van der Waals surface area (Å²) in [5.74, 6) is -0.129. The highest BCUT2D eigenvalue weighted by molar-refractivity contribution is 6.32. The first-order valence-corrected chi connectivity index (χ1v) is 12.2. The number of nitrogens with zero attached hydrogens (tertiary/aromatic N) is 4. The minimum absolute atomic E-state index is 0.129. The molecule has 0 bridgehead atoms. The Hall–Kier alpha value is -3.22. The van der Waals surface area contributed by atoms with Crippen LogP contribution in [0.5, 0.6) is 0 Å². The Kier molecular flexibility index (Phi) is 7.60. The molecule has 34 heavy (non-hydrogen) atoms. The monoisotopic (exact) mass is 458 g/mol. The van der Waals surface area contributed by atoms with Crippen LogP contribution < -0.4 is 5.01 Å². The van der Waals surface area contributed by atoms with Crippen molar-refractivity contribution in [1.29, 1.82) is 0 Å². The van der Waals surface area contributed by atoms with Gasteiger partial charge in [0.2, 0.25) is 0 Å². The van der Waals surface area contributed by atoms with Crippen molar-refractivity contribution in [2.45, 2.75) is 46.3 Å². The summed E-state index contributed by atoms with van der Waals surface area (Å²) < 4.78 is 2.10. The molecule has 1 aliphatic heterocycles. The van der Waals surface area contributed by atoms with Crippen LogP contribution in [0.1, 0.15) is 39.2 Å². The summed E-state index contributed by atoms with van der Waals surface area (Å²) in [5.41, 5.74) is 4.04. The van der Waals surface area contributed by atoms with E-state index in [4.69, 9.17) is 0 Å². The zero-order valence-corrected chi connectivity index (χ0v) is 20.3. The molecule has 1 aliphatic rings. The van der Waals surface area contributed by atoms with E-state index in [9.17, 15) is 9.90 Å². The summed E-state index contributed by atoms with van der Waals surface area (Å²) in [6.07, 6.45) is 5.64. The molecular weight excluding hydrogens is 424 g/mol. The van der Waals surface area contributed by atoms with E-state index in [1.165, 1.54) is 5.01 Å². The maximum absolute atomic E-state index is 13.2. The fourth-order valence-corrected chi connectivity index (χ4v) is 4.63. The van der Waals surface area contributed by atoms with Gasteiger partial charge in [0.05, 0.1) is 23.1 Å². The Morgan fingerprint density at radius 3 is 2.41 bits per heavy atom. The second kappa shape index (κ2) is 10.8. The Morgan fingerprint density at radius 2 is 1.71 bits per heavy atom. The molecule has 178 valence electrons. The normalized spacial score (nSPS) is 16.1. The van der Waals surface area contributed by atoms with Crippen LogP contribution in [-0.4, -0.2) is 51.9 Å². The fourth-order valence-electron chi connectivity index (χ4n) is 4.63. The number of carbonyl (C=O) groups is 1. The highest BCUT2D eigenvalue weighted by Gasteiger charge is 2.29. The van der Waals surface area contributed by atoms with Gasteiger partial charge in [0.15, 0.2) is 0 Å². The van der Waals surface area contributed by atoms with Gasteiger partial charge in [-0.2, -0.15) is 10.1 Å². The number of aromatic nitrogens is 1. The van der Waals surface area contributed by atoms with Crippen molar-refractivity contribution in [2.75, 3.05) is 24.6 Å². The molecule has 6 heteroatoms. The number of benzene rings is 2. The Morgan fingerprint density at radius 1 is 1.03 bits per heavy atom. The molecule has 3 aromatic rings. The first kappa shape index (κ1) is 23.9. The third kappa shape index (κ3) is 5.13. The summed E-state index contributed by atoms with van der Waals surface area (Å²) in [7, 11) is 0. The van der Waals surface area contributed by atoms with Gasteiger partial charge in [-0.05, 0) is 57.1 Å². The van der Waals surface area contributed by atoms with Gasteiger partial charge in [-0.1, -0.05) is 50.2 Å². The predicted octanol–water partition coefficient (Wildman–Crippen LogP) is 4.93. The molecule has 4 rings (SSSR count). The molecule has 1 atom stereocenters. The minimum Gasteiger partial charge on any atom is -0.390 e. The summed E-state index contributed by atoms with van der Waals surface area (Å²) in [6, 6.07) is 17.6. The van der Waals surface area contributed by atoms with Crippen molar-refractivity contribution in [2.24, 2.45) is 5.10 Å². The maximum Gasteiger partial charge on any atom is 0.280 e. The van der Waals surface area contributed by atoms with Crippen LogP contribution in [0.15, 0.2) is 71.5 Å². The standard InChI is InChI=1S/C28H34N4O2/c1-4-15-30(16-5-2)19-24(33)20-31-18-22(25-13-9-10-14-27(25)31)17-26-21(3)29-32(28(26)34)23-11-7-6-8-12-23/h6-14,17-18,24,33H,4-5,15-16,19-20H2,1-3H3/b26-17+. The van der Waals surface area contributed by atoms with Gasteiger partial charge in [0.1, 0.15) is 0 Å². The van der Waals surface area contributed by atoms with Crippen LogP contribution in [0, 0.1) is 0 Å². The number of hydrazone groups is 1. The molecule has 2 heterocycles. The molecule has 1 amide bonds. The van der Waals surface area contributed by atoms with Crippen LogP contribution in [0.3, 0.4) is 0 Å². The number of carbonyl (C=O) groups excluding carboxylic acids is 1. The number of hydrogen-bond donors (Lipinski definition) is 1.